The van der Waals surface area contributed by atoms with Crippen molar-refractivity contribution in [1.82, 2.24) is 4.98 Å². The minimum absolute atomic E-state index is 0.190. The molecular formula is C8H8F3N. The van der Waals surface area contributed by atoms with Crippen LogP contribution in [0.25, 0.3) is 0 Å². The molecule has 1 heterocycles. The van der Waals surface area contributed by atoms with Crippen molar-refractivity contribution in [3.8, 4) is 0 Å². The van der Waals surface area contributed by atoms with Crippen LogP contribution in [0.2, 0.25) is 0 Å². The average Bonchev–Trinajstić information content (AvgIpc) is 2.04. The van der Waals surface area contributed by atoms with E-state index in [1.165, 1.54) is 13.1 Å². The molecule has 0 fully saturated rings. The first-order valence-electron chi connectivity index (χ1n) is 3.44. The largest absolute Gasteiger partial charge is 0.265 e. The van der Waals surface area contributed by atoms with Crippen molar-refractivity contribution in [3.05, 3.63) is 29.1 Å². The Kier molecular flexibility index (Phi) is 2.68. The molecule has 0 amide bonds. The van der Waals surface area contributed by atoms with Gasteiger partial charge in [-0.15, -0.1) is 0 Å². The normalized spacial score (nSPS) is 10.8. The number of hydrogen-bond acceptors (Lipinski definition) is 1. The average molecular weight is 175 g/mol. The molecular weight excluding hydrogens is 167 g/mol. The van der Waals surface area contributed by atoms with Crippen LogP contribution in [0, 0.1) is 6.92 Å². The highest BCUT2D eigenvalue weighted by molar-refractivity contribution is 5.30. The van der Waals surface area contributed by atoms with Crippen LogP contribution in [0.15, 0.2) is 12.4 Å². The van der Waals surface area contributed by atoms with Crippen LogP contribution in [0.4, 0.5) is 13.2 Å². The quantitative estimate of drug-likeness (QED) is 0.673. The molecule has 12 heavy (non-hydrogen) atoms. The van der Waals surface area contributed by atoms with Gasteiger partial charge in [0.2, 0.25) is 0 Å². The summed E-state index contributed by atoms with van der Waals surface area (Å²) in [6.45, 7) is 0.720. The molecule has 0 aromatic carbocycles. The lowest BCUT2D eigenvalue weighted by molar-refractivity contribution is 0.150. The summed E-state index contributed by atoms with van der Waals surface area (Å²) < 4.78 is 36.5. The fourth-order valence-corrected chi connectivity index (χ4v) is 0.941. The molecule has 0 N–H and O–H groups in total. The fraction of sp³-hybridized carbons (Fsp3) is 0.375. The summed E-state index contributed by atoms with van der Waals surface area (Å²) in [5.41, 5.74) is 0.334. The summed E-state index contributed by atoms with van der Waals surface area (Å²) in [5, 5.41) is 0. The van der Waals surface area contributed by atoms with Gasteiger partial charge in [-0.3, -0.25) is 4.98 Å². The van der Waals surface area contributed by atoms with E-state index in [2.05, 4.69) is 4.98 Å². The van der Waals surface area contributed by atoms with E-state index in [4.69, 9.17) is 0 Å². The summed E-state index contributed by atoms with van der Waals surface area (Å²) in [6.07, 6.45) is -0.246. The molecule has 0 atom stereocenters. The molecule has 0 radical (unpaired) electrons. The zero-order valence-corrected chi connectivity index (χ0v) is 6.52. The molecule has 66 valence electrons. The summed E-state index contributed by atoms with van der Waals surface area (Å²) in [5.74, 6) is 0. The number of nitrogens with zero attached hydrogens (tertiary/aromatic N) is 1. The van der Waals surface area contributed by atoms with E-state index in [9.17, 15) is 13.2 Å². The van der Waals surface area contributed by atoms with Crippen molar-refractivity contribution >= 4 is 0 Å². The zero-order valence-electron chi connectivity index (χ0n) is 6.52. The van der Waals surface area contributed by atoms with Crippen LogP contribution in [-0.4, -0.2) is 4.98 Å². The Morgan fingerprint density at radius 1 is 1.42 bits per heavy atom. The first kappa shape index (κ1) is 9.03. The predicted molar refractivity (Wildman–Crippen MR) is 38.7 cm³/mol. The van der Waals surface area contributed by atoms with Gasteiger partial charge in [-0.2, -0.15) is 0 Å². The van der Waals surface area contributed by atoms with Crippen molar-refractivity contribution in [2.24, 2.45) is 0 Å². The van der Waals surface area contributed by atoms with Crippen LogP contribution in [0.3, 0.4) is 0 Å². The van der Waals surface area contributed by atoms with Gasteiger partial charge in [0.1, 0.15) is 6.67 Å². The number of pyridine rings is 1. The van der Waals surface area contributed by atoms with E-state index >= 15 is 0 Å². The van der Waals surface area contributed by atoms with Crippen LogP contribution < -0.4 is 0 Å². The lowest BCUT2D eigenvalue weighted by Crippen LogP contribution is -1.96. The third-order valence-corrected chi connectivity index (χ3v) is 1.74. The first-order valence-corrected chi connectivity index (χ1v) is 3.44. The van der Waals surface area contributed by atoms with Gasteiger partial charge in [0.25, 0.3) is 6.43 Å². The molecule has 0 bridgehead atoms. The minimum Gasteiger partial charge on any atom is -0.264 e. The van der Waals surface area contributed by atoms with Gasteiger partial charge >= 0.3 is 0 Å². The molecule has 1 aromatic heterocycles. The van der Waals surface area contributed by atoms with Gasteiger partial charge in [-0.25, -0.2) is 13.2 Å². The second-order valence-corrected chi connectivity index (χ2v) is 2.45. The van der Waals surface area contributed by atoms with E-state index in [-0.39, 0.29) is 11.1 Å². The van der Waals surface area contributed by atoms with Crippen molar-refractivity contribution in [2.45, 2.75) is 20.0 Å². The molecule has 0 unspecified atom stereocenters. The fourth-order valence-electron chi connectivity index (χ4n) is 0.941. The lowest BCUT2D eigenvalue weighted by atomic mass is 10.1. The second-order valence-electron chi connectivity index (χ2n) is 2.45. The van der Waals surface area contributed by atoms with Crippen molar-refractivity contribution < 1.29 is 13.2 Å². The third kappa shape index (κ3) is 1.57. The number of halogens is 3. The Bertz CT molecular complexity index is 273. The van der Waals surface area contributed by atoms with Gasteiger partial charge in [0.15, 0.2) is 0 Å². The molecule has 4 heteroatoms. The molecule has 0 spiro atoms. The van der Waals surface area contributed by atoms with E-state index in [1.54, 1.807) is 0 Å². The molecule has 0 saturated heterocycles. The standard InChI is InChI=1S/C8H8F3N/c1-5-6(2-9)3-12-4-7(5)8(10)11/h3-4,8H,2H2,1H3. The second kappa shape index (κ2) is 3.56. The molecule has 1 nitrogen and oxygen atoms in total. The SMILES string of the molecule is Cc1c(CF)cncc1C(F)F. The molecule has 0 aliphatic heterocycles. The highest BCUT2D eigenvalue weighted by Crippen LogP contribution is 2.23. The maximum absolute atomic E-state index is 12.2. The Balaban J connectivity index is 3.14. The minimum atomic E-state index is -2.58. The summed E-state index contributed by atoms with van der Waals surface area (Å²) in [7, 11) is 0. The van der Waals surface area contributed by atoms with Gasteiger partial charge in [0, 0.05) is 23.5 Å². The Morgan fingerprint density at radius 2 is 2.08 bits per heavy atom. The van der Waals surface area contributed by atoms with Gasteiger partial charge in [0.05, 0.1) is 0 Å². The zero-order chi connectivity index (χ0) is 9.14. The van der Waals surface area contributed by atoms with Crippen molar-refractivity contribution in [1.29, 1.82) is 0 Å². The van der Waals surface area contributed by atoms with Crippen LogP contribution in [-0.2, 0) is 6.67 Å². The van der Waals surface area contributed by atoms with Crippen LogP contribution >= 0.6 is 0 Å². The van der Waals surface area contributed by atoms with E-state index in [0.29, 0.717) is 5.56 Å². The monoisotopic (exact) mass is 175 g/mol. The van der Waals surface area contributed by atoms with Gasteiger partial charge in [-0.05, 0) is 12.5 Å². The highest BCUT2D eigenvalue weighted by atomic mass is 19.3. The lowest BCUT2D eigenvalue weighted by Gasteiger charge is -2.06. The van der Waals surface area contributed by atoms with Crippen LogP contribution in [0.1, 0.15) is 23.1 Å². The predicted octanol–water partition coefficient (Wildman–Crippen LogP) is 2.80. The van der Waals surface area contributed by atoms with Gasteiger partial charge in [-0.1, -0.05) is 0 Å². The topological polar surface area (TPSA) is 12.9 Å². The van der Waals surface area contributed by atoms with E-state index < -0.39 is 13.1 Å². The molecule has 1 rings (SSSR count). The highest BCUT2D eigenvalue weighted by Gasteiger charge is 2.12. The summed E-state index contributed by atoms with van der Waals surface area (Å²) >= 11 is 0. The Morgan fingerprint density at radius 3 is 2.58 bits per heavy atom. The number of alkyl halides is 3. The van der Waals surface area contributed by atoms with E-state index in [0.717, 1.165) is 6.20 Å². The first-order chi connectivity index (χ1) is 5.66. The molecule has 1 aromatic rings. The Labute approximate surface area is 68.2 Å². The molecule has 0 aliphatic rings. The maximum atomic E-state index is 12.2. The van der Waals surface area contributed by atoms with E-state index in [1.807, 2.05) is 0 Å². The number of hydrogen-bond donors (Lipinski definition) is 0. The smallest absolute Gasteiger partial charge is 0.264 e. The third-order valence-electron chi connectivity index (χ3n) is 1.74. The van der Waals surface area contributed by atoms with Crippen LogP contribution in [0.5, 0.6) is 0 Å². The van der Waals surface area contributed by atoms with Crippen molar-refractivity contribution in [2.75, 3.05) is 0 Å². The van der Waals surface area contributed by atoms with Crippen molar-refractivity contribution in [3.63, 3.8) is 0 Å². The maximum Gasteiger partial charge on any atom is 0.265 e. The number of rotatable bonds is 2. The Hall–Kier alpha value is -1.06. The molecule has 0 saturated carbocycles. The number of aromatic nitrogens is 1. The summed E-state index contributed by atoms with van der Waals surface area (Å²) in [6, 6.07) is 0. The summed E-state index contributed by atoms with van der Waals surface area (Å²) in [4.78, 5) is 3.52. The van der Waals surface area contributed by atoms with Gasteiger partial charge < -0.3 is 0 Å². The molecule has 0 aliphatic carbocycles.